The first-order chi connectivity index (χ1) is 8.63. The first-order valence-electron chi connectivity index (χ1n) is 5.72. The Morgan fingerprint density at radius 2 is 2.17 bits per heavy atom. The fourth-order valence-electron chi connectivity index (χ4n) is 1.52. The number of hydrogen-bond acceptors (Lipinski definition) is 5. The second kappa shape index (κ2) is 7.23. The van der Waals surface area contributed by atoms with Crippen molar-refractivity contribution in [1.82, 2.24) is 0 Å². The van der Waals surface area contributed by atoms with E-state index in [0.29, 0.717) is 11.9 Å². The number of aliphatic hydroxyl groups excluding tert-OH is 3. The highest BCUT2D eigenvalue weighted by molar-refractivity contribution is 5.77. The normalized spacial score (nSPS) is 27.7. The van der Waals surface area contributed by atoms with E-state index in [4.69, 9.17) is 9.84 Å². The third-order valence-corrected chi connectivity index (χ3v) is 2.58. The van der Waals surface area contributed by atoms with Gasteiger partial charge in [-0.15, -0.1) is 0 Å². The molecule has 0 aromatic heterocycles. The summed E-state index contributed by atoms with van der Waals surface area (Å²) in [5.41, 5.74) is 0.464. The van der Waals surface area contributed by atoms with Crippen molar-refractivity contribution >= 4 is 6.29 Å². The Hall–Kier alpha value is -1.27. The molecule has 1 aliphatic heterocycles. The minimum absolute atomic E-state index is 0.172. The Labute approximate surface area is 106 Å². The molecule has 0 aliphatic carbocycles. The molecule has 0 spiro atoms. The van der Waals surface area contributed by atoms with Crippen LogP contribution in [0.2, 0.25) is 0 Å². The molecule has 1 fully saturated rings. The van der Waals surface area contributed by atoms with E-state index in [1.807, 2.05) is 0 Å². The fourth-order valence-corrected chi connectivity index (χ4v) is 1.52. The summed E-state index contributed by atoms with van der Waals surface area (Å²) in [7, 11) is 0. The zero-order valence-electron chi connectivity index (χ0n) is 10.1. The number of hydrogen-bond donors (Lipinski definition) is 3. The van der Waals surface area contributed by atoms with Gasteiger partial charge < -0.3 is 20.1 Å². The van der Waals surface area contributed by atoms with Gasteiger partial charge in [0.25, 0.3) is 0 Å². The predicted octanol–water partition coefficient (Wildman–Crippen LogP) is -0.275. The molecule has 18 heavy (non-hydrogen) atoms. The molecule has 0 aromatic rings. The summed E-state index contributed by atoms with van der Waals surface area (Å²) in [4.78, 5) is 10.6. The molecular weight excluding hydrogens is 236 g/mol. The van der Waals surface area contributed by atoms with Gasteiger partial charge in [-0.05, 0) is 6.92 Å². The van der Waals surface area contributed by atoms with E-state index in [-0.39, 0.29) is 6.61 Å². The molecule has 0 aromatic carbocycles. The largest absolute Gasteiger partial charge is 0.394 e. The molecule has 1 rings (SSSR count). The maximum atomic E-state index is 10.6. The van der Waals surface area contributed by atoms with Gasteiger partial charge in [-0.2, -0.15) is 0 Å². The van der Waals surface area contributed by atoms with Crippen molar-refractivity contribution < 1.29 is 24.9 Å². The molecule has 0 saturated carbocycles. The van der Waals surface area contributed by atoms with Crippen LogP contribution in [0.15, 0.2) is 36.0 Å². The van der Waals surface area contributed by atoms with Crippen molar-refractivity contribution in [3.8, 4) is 0 Å². The van der Waals surface area contributed by atoms with Crippen molar-refractivity contribution in [3.05, 3.63) is 36.0 Å². The summed E-state index contributed by atoms with van der Waals surface area (Å²) in [6.45, 7) is 1.62. The summed E-state index contributed by atoms with van der Waals surface area (Å²) in [5, 5.41) is 28.0. The first kappa shape index (κ1) is 14.8. The molecule has 4 atom stereocenters. The third-order valence-electron chi connectivity index (χ3n) is 2.58. The van der Waals surface area contributed by atoms with Gasteiger partial charge in [0, 0.05) is 5.57 Å². The van der Waals surface area contributed by atoms with Gasteiger partial charge >= 0.3 is 0 Å². The smallest absolute Gasteiger partial charge is 0.150 e. The second-order valence-corrected chi connectivity index (χ2v) is 3.97. The Bertz CT molecular complexity index is 358. The van der Waals surface area contributed by atoms with Crippen molar-refractivity contribution in [2.45, 2.75) is 31.3 Å². The number of epoxide rings is 1. The maximum Gasteiger partial charge on any atom is 0.150 e. The molecule has 0 amide bonds. The molecule has 3 N–H and O–H groups in total. The molecule has 5 heteroatoms. The SMILES string of the molecule is C/C=C/C(C=O)=CC=CC(O)C(O)[C@@H]1O[C@H]1CO. The zero-order chi connectivity index (χ0) is 13.5. The monoisotopic (exact) mass is 254 g/mol. The van der Waals surface area contributed by atoms with Crippen molar-refractivity contribution in [2.75, 3.05) is 6.61 Å². The Morgan fingerprint density at radius 1 is 1.44 bits per heavy atom. The van der Waals surface area contributed by atoms with Crippen LogP contribution in [0.5, 0.6) is 0 Å². The van der Waals surface area contributed by atoms with Gasteiger partial charge in [0.2, 0.25) is 0 Å². The van der Waals surface area contributed by atoms with Crippen LogP contribution in [0.3, 0.4) is 0 Å². The van der Waals surface area contributed by atoms with Crippen LogP contribution in [0.4, 0.5) is 0 Å². The zero-order valence-corrected chi connectivity index (χ0v) is 10.1. The number of carbonyl (C=O) groups is 1. The van der Waals surface area contributed by atoms with Crippen LogP contribution in [-0.2, 0) is 9.53 Å². The third kappa shape index (κ3) is 4.19. The van der Waals surface area contributed by atoms with Crippen molar-refractivity contribution in [2.24, 2.45) is 0 Å². The quantitative estimate of drug-likeness (QED) is 0.252. The van der Waals surface area contributed by atoms with Crippen LogP contribution < -0.4 is 0 Å². The second-order valence-electron chi connectivity index (χ2n) is 3.97. The lowest BCUT2D eigenvalue weighted by atomic mass is 10.1. The fraction of sp³-hybridized carbons (Fsp3) is 0.462. The molecule has 1 heterocycles. The Kier molecular flexibility index (Phi) is 5.94. The Morgan fingerprint density at radius 3 is 2.67 bits per heavy atom. The van der Waals surface area contributed by atoms with Gasteiger partial charge in [-0.3, -0.25) is 4.79 Å². The summed E-state index contributed by atoms with van der Waals surface area (Å²) in [6, 6.07) is 0. The molecular formula is C13H18O5. The highest BCUT2D eigenvalue weighted by Crippen LogP contribution is 2.26. The topological polar surface area (TPSA) is 90.3 Å². The molecule has 1 aliphatic rings. The summed E-state index contributed by atoms with van der Waals surface area (Å²) < 4.78 is 4.96. The van der Waals surface area contributed by atoms with Crippen LogP contribution in [-0.4, -0.2) is 52.6 Å². The molecule has 0 bridgehead atoms. The minimum atomic E-state index is -1.10. The minimum Gasteiger partial charge on any atom is -0.394 e. The molecule has 2 unspecified atom stereocenters. The molecule has 5 nitrogen and oxygen atoms in total. The van der Waals surface area contributed by atoms with E-state index in [0.717, 1.165) is 0 Å². The average Bonchev–Trinajstić information content (AvgIpc) is 3.16. The van der Waals surface area contributed by atoms with Gasteiger partial charge in [0.1, 0.15) is 30.7 Å². The van der Waals surface area contributed by atoms with E-state index < -0.39 is 24.4 Å². The number of carbonyl (C=O) groups excluding carboxylic acids is 1. The lowest BCUT2D eigenvalue weighted by molar-refractivity contribution is -0.104. The number of rotatable bonds is 7. The number of allylic oxidation sites excluding steroid dienone is 5. The highest BCUT2D eigenvalue weighted by atomic mass is 16.6. The van der Waals surface area contributed by atoms with E-state index in [9.17, 15) is 15.0 Å². The molecule has 100 valence electrons. The van der Waals surface area contributed by atoms with Crippen molar-refractivity contribution in [1.29, 1.82) is 0 Å². The molecule has 0 radical (unpaired) electrons. The van der Waals surface area contributed by atoms with Gasteiger partial charge in [-0.1, -0.05) is 30.4 Å². The Balaban J connectivity index is 2.48. The van der Waals surface area contributed by atoms with Gasteiger partial charge in [0.15, 0.2) is 0 Å². The van der Waals surface area contributed by atoms with Crippen molar-refractivity contribution in [3.63, 3.8) is 0 Å². The number of ether oxygens (including phenoxy) is 1. The van der Waals surface area contributed by atoms with Crippen LogP contribution >= 0.6 is 0 Å². The van der Waals surface area contributed by atoms with E-state index in [1.54, 1.807) is 19.1 Å². The van der Waals surface area contributed by atoms with Crippen LogP contribution in [0.25, 0.3) is 0 Å². The van der Waals surface area contributed by atoms with Crippen LogP contribution in [0, 0.1) is 0 Å². The molecule has 1 saturated heterocycles. The van der Waals surface area contributed by atoms with E-state index in [1.165, 1.54) is 18.2 Å². The van der Waals surface area contributed by atoms with Crippen LogP contribution in [0.1, 0.15) is 6.92 Å². The first-order valence-corrected chi connectivity index (χ1v) is 5.72. The number of aldehydes is 1. The maximum absolute atomic E-state index is 10.6. The predicted molar refractivity (Wildman–Crippen MR) is 65.9 cm³/mol. The van der Waals surface area contributed by atoms with E-state index >= 15 is 0 Å². The lowest BCUT2D eigenvalue weighted by Crippen LogP contribution is -2.30. The standard InChI is InChI=1S/C13H18O5/c1-2-4-9(7-14)5-3-6-10(16)12(17)13-11(8-15)18-13/h2-7,10-13,15-17H,8H2,1H3/b4-2+,6-3?,9-5?/t10?,11-,12?,13+/m0/s1. The summed E-state index contributed by atoms with van der Waals surface area (Å²) in [5.74, 6) is 0. The lowest BCUT2D eigenvalue weighted by Gasteiger charge is -2.11. The highest BCUT2D eigenvalue weighted by Gasteiger charge is 2.45. The summed E-state index contributed by atoms with van der Waals surface area (Å²) in [6.07, 6.45) is 5.34. The number of aliphatic hydroxyl groups is 3. The van der Waals surface area contributed by atoms with E-state index in [2.05, 4.69) is 0 Å². The van der Waals surface area contributed by atoms with Gasteiger partial charge in [-0.25, -0.2) is 0 Å². The average molecular weight is 254 g/mol. The van der Waals surface area contributed by atoms with Gasteiger partial charge in [0.05, 0.1) is 6.61 Å². The summed E-state index contributed by atoms with van der Waals surface area (Å²) >= 11 is 0.